The average Bonchev–Trinajstić information content (AvgIpc) is 2.99. The Morgan fingerprint density at radius 3 is 2.94 bits per heavy atom. The Morgan fingerprint density at radius 1 is 1.50 bits per heavy atom. The molecule has 0 atom stereocenters. The number of aliphatic hydroxyl groups is 1. The average molecular weight is 289 g/mol. The van der Waals surface area contributed by atoms with E-state index in [1.807, 2.05) is 0 Å². The number of hydrogen-bond acceptors (Lipinski definition) is 7. The zero-order chi connectivity index (χ0) is 13.0. The van der Waals surface area contributed by atoms with Gasteiger partial charge in [0.05, 0.1) is 11.5 Å². The molecule has 0 aliphatic carbocycles. The second-order valence-corrected chi connectivity index (χ2v) is 6.15. The van der Waals surface area contributed by atoms with Crippen LogP contribution in [0.5, 0.6) is 0 Å². The lowest BCUT2D eigenvalue weighted by molar-refractivity contribution is 0.285. The van der Waals surface area contributed by atoms with Gasteiger partial charge in [0.2, 0.25) is 15.9 Å². The third kappa shape index (κ3) is 3.13. The Kier molecular flexibility index (Phi) is 4.07. The van der Waals surface area contributed by atoms with Gasteiger partial charge < -0.3 is 9.63 Å². The first kappa shape index (κ1) is 13.1. The first-order valence-electron chi connectivity index (χ1n) is 5.05. The van der Waals surface area contributed by atoms with E-state index in [9.17, 15) is 8.42 Å². The van der Waals surface area contributed by atoms with E-state index in [1.54, 1.807) is 0 Å². The van der Waals surface area contributed by atoms with Gasteiger partial charge in [-0.25, -0.2) is 13.1 Å². The molecule has 0 unspecified atom stereocenters. The summed E-state index contributed by atoms with van der Waals surface area (Å²) in [5.41, 5.74) is 0. The van der Waals surface area contributed by atoms with Crippen molar-refractivity contribution in [2.45, 2.75) is 17.9 Å². The first-order chi connectivity index (χ1) is 8.62. The third-order valence-electron chi connectivity index (χ3n) is 2.13. The molecular weight excluding hydrogens is 278 g/mol. The number of rotatable bonds is 6. The maximum atomic E-state index is 11.8. The number of hydrogen-bond donors (Lipinski definition) is 2. The van der Waals surface area contributed by atoms with Crippen LogP contribution in [-0.2, 0) is 23.1 Å². The number of thiophene rings is 1. The molecule has 0 aliphatic rings. The zero-order valence-electron chi connectivity index (χ0n) is 9.24. The standard InChI is InChI=1S/C9H11N3O4S2/c13-4-7-3-8(5-17-7)18(14,15)12-2-1-9-10-6-11-16-9/h3,5-6,12-13H,1-2,4H2. The molecule has 98 valence electrons. The minimum Gasteiger partial charge on any atom is -0.391 e. The molecule has 7 nitrogen and oxygen atoms in total. The Balaban J connectivity index is 1.95. The predicted octanol–water partition coefficient (Wildman–Crippen LogP) is 0.144. The Hall–Kier alpha value is -1.29. The van der Waals surface area contributed by atoms with E-state index in [1.165, 1.54) is 29.1 Å². The lowest BCUT2D eigenvalue weighted by Crippen LogP contribution is -2.25. The van der Waals surface area contributed by atoms with Crippen molar-refractivity contribution < 1.29 is 18.0 Å². The van der Waals surface area contributed by atoms with Crippen molar-refractivity contribution in [1.82, 2.24) is 14.9 Å². The molecule has 0 saturated heterocycles. The molecule has 2 aromatic heterocycles. The minimum atomic E-state index is -3.54. The SMILES string of the molecule is O=S(=O)(NCCc1ncno1)c1csc(CO)c1. The molecule has 0 bridgehead atoms. The number of aliphatic hydroxyl groups excluding tert-OH is 1. The van der Waals surface area contributed by atoms with E-state index >= 15 is 0 Å². The lowest BCUT2D eigenvalue weighted by Gasteiger charge is -2.02. The summed E-state index contributed by atoms with van der Waals surface area (Å²) in [6.07, 6.45) is 1.59. The van der Waals surface area contributed by atoms with Crippen LogP contribution in [0.4, 0.5) is 0 Å². The number of nitrogens with zero attached hydrogens (tertiary/aromatic N) is 2. The molecule has 2 N–H and O–H groups in total. The van der Waals surface area contributed by atoms with Gasteiger partial charge in [0.25, 0.3) is 0 Å². The van der Waals surface area contributed by atoms with Gasteiger partial charge in [-0.15, -0.1) is 11.3 Å². The highest BCUT2D eigenvalue weighted by molar-refractivity contribution is 7.89. The lowest BCUT2D eigenvalue weighted by atomic mass is 10.4. The van der Waals surface area contributed by atoms with Gasteiger partial charge in [0.15, 0.2) is 6.33 Å². The molecule has 2 heterocycles. The van der Waals surface area contributed by atoms with Gasteiger partial charge in [-0.2, -0.15) is 4.98 Å². The van der Waals surface area contributed by atoms with Gasteiger partial charge >= 0.3 is 0 Å². The highest BCUT2D eigenvalue weighted by Crippen LogP contribution is 2.18. The fourth-order valence-corrected chi connectivity index (χ4v) is 3.43. The summed E-state index contributed by atoms with van der Waals surface area (Å²) in [6, 6.07) is 1.44. The van der Waals surface area contributed by atoms with Crippen LogP contribution in [0.2, 0.25) is 0 Å². The van der Waals surface area contributed by atoms with E-state index in [-0.39, 0.29) is 18.0 Å². The van der Waals surface area contributed by atoms with Crippen molar-refractivity contribution in [2.24, 2.45) is 0 Å². The monoisotopic (exact) mass is 289 g/mol. The number of nitrogens with one attached hydrogen (secondary N) is 1. The minimum absolute atomic E-state index is 0.155. The van der Waals surface area contributed by atoms with Gasteiger partial charge in [-0.05, 0) is 6.07 Å². The Labute approximate surface area is 108 Å². The summed E-state index contributed by atoms with van der Waals surface area (Å²) in [5, 5.41) is 13.8. The molecule has 0 radical (unpaired) electrons. The van der Waals surface area contributed by atoms with E-state index < -0.39 is 10.0 Å². The van der Waals surface area contributed by atoms with Gasteiger partial charge in [-0.1, -0.05) is 5.16 Å². The summed E-state index contributed by atoms with van der Waals surface area (Å²) < 4.78 is 30.8. The van der Waals surface area contributed by atoms with Crippen molar-refractivity contribution in [3.8, 4) is 0 Å². The number of aromatic nitrogens is 2. The fourth-order valence-electron chi connectivity index (χ4n) is 1.27. The molecule has 0 aromatic carbocycles. The zero-order valence-corrected chi connectivity index (χ0v) is 10.9. The molecule has 0 aliphatic heterocycles. The molecule has 0 amide bonds. The van der Waals surface area contributed by atoms with Gasteiger partial charge in [0, 0.05) is 23.2 Å². The van der Waals surface area contributed by atoms with Crippen LogP contribution >= 0.6 is 11.3 Å². The van der Waals surface area contributed by atoms with Crippen LogP contribution < -0.4 is 4.72 Å². The van der Waals surface area contributed by atoms with Crippen LogP contribution in [-0.4, -0.2) is 30.2 Å². The summed E-state index contributed by atoms with van der Waals surface area (Å²) in [6.45, 7) is 0.0109. The number of sulfonamides is 1. The smallest absolute Gasteiger partial charge is 0.241 e. The largest absolute Gasteiger partial charge is 0.391 e. The van der Waals surface area contributed by atoms with Crippen LogP contribution in [0.1, 0.15) is 10.8 Å². The summed E-state index contributed by atoms with van der Waals surface area (Å²) in [7, 11) is -3.54. The normalized spacial score (nSPS) is 11.8. The second kappa shape index (κ2) is 5.57. The molecule has 2 rings (SSSR count). The Bertz CT molecular complexity index is 591. The van der Waals surface area contributed by atoms with E-state index in [2.05, 4.69) is 14.9 Å². The van der Waals surface area contributed by atoms with Crippen molar-refractivity contribution in [3.05, 3.63) is 28.5 Å². The van der Waals surface area contributed by atoms with Gasteiger partial charge in [0.1, 0.15) is 0 Å². The van der Waals surface area contributed by atoms with Crippen molar-refractivity contribution in [1.29, 1.82) is 0 Å². The van der Waals surface area contributed by atoms with Crippen LogP contribution in [0.15, 0.2) is 27.2 Å². The second-order valence-electron chi connectivity index (χ2n) is 3.39. The molecule has 0 spiro atoms. The molecule has 0 fully saturated rings. The van der Waals surface area contributed by atoms with E-state index in [0.29, 0.717) is 17.2 Å². The molecule has 18 heavy (non-hydrogen) atoms. The molecule has 0 saturated carbocycles. The quantitative estimate of drug-likeness (QED) is 0.784. The fraction of sp³-hybridized carbons (Fsp3) is 0.333. The molecular formula is C9H11N3O4S2. The highest BCUT2D eigenvalue weighted by Gasteiger charge is 2.15. The van der Waals surface area contributed by atoms with Crippen LogP contribution in [0.25, 0.3) is 0 Å². The van der Waals surface area contributed by atoms with Gasteiger partial charge in [-0.3, -0.25) is 0 Å². The topological polar surface area (TPSA) is 105 Å². The molecule has 9 heteroatoms. The van der Waals surface area contributed by atoms with Crippen LogP contribution in [0.3, 0.4) is 0 Å². The predicted molar refractivity (Wildman–Crippen MR) is 63.4 cm³/mol. The van der Waals surface area contributed by atoms with E-state index in [4.69, 9.17) is 9.63 Å². The maximum Gasteiger partial charge on any atom is 0.241 e. The third-order valence-corrected chi connectivity index (χ3v) is 4.64. The first-order valence-corrected chi connectivity index (χ1v) is 7.41. The summed E-state index contributed by atoms with van der Waals surface area (Å²) in [4.78, 5) is 4.54. The highest BCUT2D eigenvalue weighted by atomic mass is 32.2. The van der Waals surface area contributed by atoms with Crippen molar-refractivity contribution in [2.75, 3.05) is 6.54 Å². The molecule has 2 aromatic rings. The summed E-state index contributed by atoms with van der Waals surface area (Å²) in [5.74, 6) is 0.374. The van der Waals surface area contributed by atoms with Crippen molar-refractivity contribution in [3.63, 3.8) is 0 Å². The summed E-state index contributed by atoms with van der Waals surface area (Å²) >= 11 is 1.20. The Morgan fingerprint density at radius 2 is 2.33 bits per heavy atom. The van der Waals surface area contributed by atoms with Crippen LogP contribution in [0, 0.1) is 0 Å². The van der Waals surface area contributed by atoms with Crippen molar-refractivity contribution >= 4 is 21.4 Å². The maximum absolute atomic E-state index is 11.8. The van der Waals surface area contributed by atoms with E-state index in [0.717, 1.165) is 0 Å².